The minimum atomic E-state index is -4.49. The SMILES string of the molecule is O=C(O)C1=CC(C(F)(F)F)S[C@@H]2CC(=O)N12. The quantitative estimate of drug-likeness (QED) is 0.713. The van der Waals surface area contributed by atoms with E-state index in [1.54, 1.807) is 0 Å². The van der Waals surface area contributed by atoms with Crippen LogP contribution in [0.4, 0.5) is 13.2 Å². The van der Waals surface area contributed by atoms with Crippen LogP contribution in [0.5, 0.6) is 0 Å². The van der Waals surface area contributed by atoms with Gasteiger partial charge in [-0.05, 0) is 6.08 Å². The van der Waals surface area contributed by atoms with Gasteiger partial charge in [-0.25, -0.2) is 4.79 Å². The molecule has 0 saturated carbocycles. The summed E-state index contributed by atoms with van der Waals surface area (Å²) in [5.74, 6) is -1.96. The van der Waals surface area contributed by atoms with Gasteiger partial charge in [-0.15, -0.1) is 11.8 Å². The van der Waals surface area contributed by atoms with Crippen LogP contribution in [-0.2, 0) is 9.59 Å². The first-order valence-corrected chi connectivity index (χ1v) is 5.24. The van der Waals surface area contributed by atoms with Gasteiger partial charge in [0.15, 0.2) is 0 Å². The highest BCUT2D eigenvalue weighted by Crippen LogP contribution is 2.45. The molecule has 2 rings (SSSR count). The lowest BCUT2D eigenvalue weighted by Gasteiger charge is -2.44. The van der Waals surface area contributed by atoms with E-state index < -0.39 is 34.4 Å². The maximum absolute atomic E-state index is 12.4. The number of halogens is 3. The molecular formula is C8H6F3NO3S. The van der Waals surface area contributed by atoms with Gasteiger partial charge in [0.05, 0.1) is 11.8 Å². The van der Waals surface area contributed by atoms with E-state index in [-0.39, 0.29) is 6.42 Å². The monoisotopic (exact) mass is 253 g/mol. The molecule has 2 aliphatic heterocycles. The number of carbonyl (C=O) groups excluding carboxylic acids is 1. The molecule has 0 aliphatic carbocycles. The smallest absolute Gasteiger partial charge is 0.404 e. The number of nitrogens with zero attached hydrogens (tertiary/aromatic N) is 1. The molecule has 88 valence electrons. The molecular weight excluding hydrogens is 247 g/mol. The molecule has 1 N–H and O–H groups in total. The molecule has 1 unspecified atom stereocenters. The molecule has 0 aromatic heterocycles. The Morgan fingerprint density at radius 1 is 1.56 bits per heavy atom. The van der Waals surface area contributed by atoms with Crippen molar-refractivity contribution >= 4 is 23.6 Å². The second-order valence-electron chi connectivity index (χ2n) is 3.38. The number of amides is 1. The second kappa shape index (κ2) is 3.41. The molecule has 0 aromatic rings. The fourth-order valence-electron chi connectivity index (χ4n) is 1.56. The van der Waals surface area contributed by atoms with E-state index in [9.17, 15) is 22.8 Å². The van der Waals surface area contributed by atoms with Crippen molar-refractivity contribution < 1.29 is 27.9 Å². The Bertz CT molecular complexity index is 392. The molecule has 16 heavy (non-hydrogen) atoms. The maximum atomic E-state index is 12.4. The summed E-state index contributed by atoms with van der Waals surface area (Å²) in [6, 6.07) is 0. The van der Waals surface area contributed by atoms with Gasteiger partial charge in [0.25, 0.3) is 0 Å². The average Bonchev–Trinajstić information content (AvgIpc) is 2.12. The van der Waals surface area contributed by atoms with Crippen LogP contribution < -0.4 is 0 Å². The highest BCUT2D eigenvalue weighted by Gasteiger charge is 2.51. The van der Waals surface area contributed by atoms with Gasteiger partial charge in [0.1, 0.15) is 10.9 Å². The van der Waals surface area contributed by atoms with Crippen molar-refractivity contribution in [3.05, 3.63) is 11.8 Å². The second-order valence-corrected chi connectivity index (χ2v) is 4.70. The third kappa shape index (κ3) is 1.66. The van der Waals surface area contributed by atoms with Crippen LogP contribution in [0.25, 0.3) is 0 Å². The summed E-state index contributed by atoms with van der Waals surface area (Å²) in [5.41, 5.74) is -0.567. The standard InChI is InChI=1S/C8H6F3NO3S/c9-8(10,11)4-1-3(7(14)15)12-5(13)2-6(12)16-4/h1,4,6H,2H2,(H,14,15)/t4?,6-/m1/s1. The lowest BCUT2D eigenvalue weighted by atomic mass is 10.1. The Labute approximate surface area is 92.1 Å². The molecule has 2 aliphatic rings. The van der Waals surface area contributed by atoms with Gasteiger partial charge in [-0.1, -0.05) is 0 Å². The number of hydrogen-bond acceptors (Lipinski definition) is 3. The van der Waals surface area contributed by atoms with Crippen molar-refractivity contribution in [2.75, 3.05) is 0 Å². The zero-order valence-electron chi connectivity index (χ0n) is 7.69. The molecule has 1 amide bonds. The number of carboxylic acids is 1. The number of alkyl halides is 3. The first-order chi connectivity index (χ1) is 7.30. The van der Waals surface area contributed by atoms with Crippen molar-refractivity contribution in [3.8, 4) is 0 Å². The number of β-lactam (4-membered cyclic amide) rings is 1. The van der Waals surface area contributed by atoms with Crippen LogP contribution in [0.3, 0.4) is 0 Å². The predicted molar refractivity (Wildman–Crippen MR) is 48.4 cm³/mol. The Balaban J connectivity index is 2.33. The van der Waals surface area contributed by atoms with E-state index in [1.165, 1.54) is 0 Å². The number of aliphatic carboxylic acids is 1. The molecule has 1 saturated heterocycles. The summed E-state index contributed by atoms with van der Waals surface area (Å²) >= 11 is 0.553. The Morgan fingerprint density at radius 3 is 2.62 bits per heavy atom. The highest BCUT2D eigenvalue weighted by atomic mass is 32.2. The molecule has 0 aromatic carbocycles. The summed E-state index contributed by atoms with van der Waals surface area (Å²) in [4.78, 5) is 22.7. The molecule has 0 bridgehead atoms. The molecule has 2 heterocycles. The summed E-state index contributed by atoms with van der Waals surface area (Å²) in [6.07, 6.45) is -3.95. The van der Waals surface area contributed by atoms with E-state index in [4.69, 9.17) is 5.11 Å². The third-order valence-corrected chi connectivity index (χ3v) is 3.71. The fraction of sp³-hybridized carbons (Fsp3) is 0.500. The van der Waals surface area contributed by atoms with Crippen molar-refractivity contribution in [1.29, 1.82) is 0 Å². The fourth-order valence-corrected chi connectivity index (χ4v) is 2.86. The number of carboxylic acid groups (broad SMARTS) is 1. The molecule has 2 atom stereocenters. The van der Waals surface area contributed by atoms with Gasteiger partial charge < -0.3 is 5.11 Å². The third-order valence-electron chi connectivity index (χ3n) is 2.32. The summed E-state index contributed by atoms with van der Waals surface area (Å²) in [7, 11) is 0. The maximum Gasteiger partial charge on any atom is 0.404 e. The van der Waals surface area contributed by atoms with Gasteiger partial charge in [0.2, 0.25) is 5.91 Å². The summed E-state index contributed by atoms with van der Waals surface area (Å²) < 4.78 is 37.3. The lowest BCUT2D eigenvalue weighted by molar-refractivity contribution is -0.147. The number of hydrogen-bond donors (Lipinski definition) is 1. The normalized spacial score (nSPS) is 29.3. The Morgan fingerprint density at radius 2 is 2.19 bits per heavy atom. The number of rotatable bonds is 1. The van der Waals surface area contributed by atoms with E-state index in [1.807, 2.05) is 0 Å². The summed E-state index contributed by atoms with van der Waals surface area (Å²) in [5, 5.41) is 6.17. The van der Waals surface area contributed by atoms with E-state index >= 15 is 0 Å². The van der Waals surface area contributed by atoms with E-state index in [0.29, 0.717) is 17.8 Å². The Hall–Kier alpha value is -1.18. The van der Waals surface area contributed by atoms with Crippen LogP contribution in [0.1, 0.15) is 6.42 Å². The summed E-state index contributed by atoms with van der Waals surface area (Å²) in [6.45, 7) is 0. The molecule has 4 nitrogen and oxygen atoms in total. The van der Waals surface area contributed by atoms with E-state index in [2.05, 4.69) is 0 Å². The minimum Gasteiger partial charge on any atom is -0.477 e. The largest absolute Gasteiger partial charge is 0.477 e. The van der Waals surface area contributed by atoms with Crippen molar-refractivity contribution in [2.24, 2.45) is 0 Å². The zero-order chi connectivity index (χ0) is 12.1. The molecule has 0 radical (unpaired) electrons. The first-order valence-electron chi connectivity index (χ1n) is 4.30. The van der Waals surface area contributed by atoms with Gasteiger partial charge in [-0.2, -0.15) is 13.2 Å². The molecule has 1 fully saturated rings. The molecule has 0 spiro atoms. The number of fused-ring (bicyclic) bond motifs is 1. The topological polar surface area (TPSA) is 57.6 Å². The number of carbonyl (C=O) groups is 2. The van der Waals surface area contributed by atoms with Crippen molar-refractivity contribution in [3.63, 3.8) is 0 Å². The van der Waals surface area contributed by atoms with Gasteiger partial charge in [-0.3, -0.25) is 9.69 Å². The van der Waals surface area contributed by atoms with Gasteiger partial charge in [0, 0.05) is 0 Å². The first kappa shape index (κ1) is 11.3. The Kier molecular flexibility index (Phi) is 2.41. The highest BCUT2D eigenvalue weighted by molar-refractivity contribution is 8.00. The van der Waals surface area contributed by atoms with Crippen LogP contribution in [-0.4, -0.2) is 38.7 Å². The minimum absolute atomic E-state index is 0.0398. The van der Waals surface area contributed by atoms with Crippen LogP contribution in [0, 0.1) is 0 Å². The van der Waals surface area contributed by atoms with Crippen LogP contribution in [0.15, 0.2) is 11.8 Å². The lowest BCUT2D eigenvalue weighted by Crippen LogP contribution is -2.55. The predicted octanol–water partition coefficient (Wildman–Crippen LogP) is 1.19. The van der Waals surface area contributed by atoms with Gasteiger partial charge >= 0.3 is 12.1 Å². The average molecular weight is 253 g/mol. The molecule has 8 heteroatoms. The van der Waals surface area contributed by atoms with Crippen molar-refractivity contribution in [2.45, 2.75) is 23.2 Å². The zero-order valence-corrected chi connectivity index (χ0v) is 8.51. The van der Waals surface area contributed by atoms with Crippen LogP contribution in [0.2, 0.25) is 0 Å². The van der Waals surface area contributed by atoms with Crippen molar-refractivity contribution in [1.82, 2.24) is 4.90 Å². The van der Waals surface area contributed by atoms with E-state index in [0.717, 1.165) is 4.90 Å². The number of thioether (sulfide) groups is 1. The van der Waals surface area contributed by atoms with Crippen LogP contribution >= 0.6 is 11.8 Å².